The van der Waals surface area contributed by atoms with E-state index in [1.807, 2.05) is 54.6 Å². The van der Waals surface area contributed by atoms with Crippen LogP contribution < -0.4 is 10.2 Å². The third-order valence-corrected chi connectivity index (χ3v) is 6.01. The van der Waals surface area contributed by atoms with Gasteiger partial charge in [0, 0.05) is 18.7 Å². The second kappa shape index (κ2) is 9.57. The summed E-state index contributed by atoms with van der Waals surface area (Å²) in [7, 11) is 0. The second-order valence-electron chi connectivity index (χ2n) is 7.22. The van der Waals surface area contributed by atoms with Crippen molar-refractivity contribution in [3.8, 4) is 0 Å². The molecule has 1 aliphatic heterocycles. The van der Waals surface area contributed by atoms with Gasteiger partial charge in [0.25, 0.3) is 11.8 Å². The van der Waals surface area contributed by atoms with Crippen molar-refractivity contribution in [1.29, 1.82) is 0 Å². The molecule has 0 unspecified atom stereocenters. The van der Waals surface area contributed by atoms with E-state index in [1.165, 1.54) is 11.3 Å². The highest BCUT2D eigenvalue weighted by Gasteiger charge is 2.28. The molecule has 0 aliphatic carbocycles. The van der Waals surface area contributed by atoms with Crippen LogP contribution in [-0.2, 0) is 27.2 Å². The largest absolute Gasteiger partial charge is 0.454 e. The minimum Gasteiger partial charge on any atom is -0.454 e. The third-order valence-electron chi connectivity index (χ3n) is 5.14. The van der Waals surface area contributed by atoms with Crippen LogP contribution >= 0.6 is 11.3 Å². The van der Waals surface area contributed by atoms with Crippen molar-refractivity contribution in [2.45, 2.75) is 18.9 Å². The number of amides is 2. The minimum atomic E-state index is -0.893. The second-order valence-corrected chi connectivity index (χ2v) is 8.17. The molecule has 6 nitrogen and oxygen atoms in total. The lowest BCUT2D eigenvalue weighted by molar-refractivity contribution is -0.149. The molecule has 1 aromatic heterocycles. The molecule has 1 N–H and O–H groups in total. The fourth-order valence-corrected chi connectivity index (χ4v) is 4.22. The van der Waals surface area contributed by atoms with E-state index in [-0.39, 0.29) is 24.8 Å². The van der Waals surface area contributed by atoms with Crippen molar-refractivity contribution in [3.05, 3.63) is 88.1 Å². The van der Waals surface area contributed by atoms with Gasteiger partial charge >= 0.3 is 5.97 Å². The van der Waals surface area contributed by atoms with Gasteiger partial charge in [0.15, 0.2) is 6.61 Å². The van der Waals surface area contributed by atoms with Gasteiger partial charge in [0.2, 0.25) is 0 Å². The van der Waals surface area contributed by atoms with E-state index < -0.39 is 12.0 Å². The molecule has 7 heteroatoms. The fraction of sp³-hybridized carbons (Fsp3) is 0.208. The van der Waals surface area contributed by atoms with E-state index in [2.05, 4.69) is 5.32 Å². The molecule has 0 spiro atoms. The number of carbonyl (C=O) groups excluding carboxylic acids is 3. The van der Waals surface area contributed by atoms with E-state index in [9.17, 15) is 14.4 Å². The molecule has 4 rings (SSSR count). The molecule has 0 saturated carbocycles. The molecule has 2 heterocycles. The SMILES string of the molecule is O=C(N[C@@H](Cc1ccccc1)C(=O)OCC(=O)N1CCc2ccccc21)c1cccs1. The van der Waals surface area contributed by atoms with Gasteiger partial charge in [-0.1, -0.05) is 54.6 Å². The number of hydrogen-bond acceptors (Lipinski definition) is 5. The zero-order valence-corrected chi connectivity index (χ0v) is 17.6. The van der Waals surface area contributed by atoms with Gasteiger partial charge in [0.05, 0.1) is 4.88 Å². The van der Waals surface area contributed by atoms with Crippen molar-refractivity contribution in [2.75, 3.05) is 18.1 Å². The summed E-state index contributed by atoms with van der Waals surface area (Å²) < 4.78 is 5.34. The molecule has 0 radical (unpaired) electrons. The van der Waals surface area contributed by atoms with E-state index >= 15 is 0 Å². The number of rotatable bonds is 7. The van der Waals surface area contributed by atoms with Gasteiger partial charge < -0.3 is 15.0 Å². The molecular formula is C24H22N2O4S. The van der Waals surface area contributed by atoms with Crippen LogP contribution in [0.25, 0.3) is 0 Å². The third kappa shape index (κ3) is 5.00. The number of thiophene rings is 1. The summed E-state index contributed by atoms with van der Waals surface area (Å²) >= 11 is 1.29. The normalized spacial score (nSPS) is 13.4. The monoisotopic (exact) mass is 434 g/mol. The van der Waals surface area contributed by atoms with E-state index in [1.54, 1.807) is 22.4 Å². The molecule has 1 atom stereocenters. The summed E-state index contributed by atoms with van der Waals surface area (Å²) in [5, 5.41) is 4.55. The highest BCUT2D eigenvalue weighted by molar-refractivity contribution is 7.12. The standard InChI is InChI=1S/C24H22N2O4S/c27-22(26-13-12-18-9-4-5-10-20(18)26)16-30-24(29)19(15-17-7-2-1-3-8-17)25-23(28)21-11-6-14-31-21/h1-11,14,19H,12-13,15-16H2,(H,25,28)/t19-/m0/s1. The first-order valence-corrected chi connectivity index (χ1v) is 10.9. The van der Waals surface area contributed by atoms with Crippen molar-refractivity contribution in [3.63, 3.8) is 0 Å². The average Bonchev–Trinajstić information content (AvgIpc) is 3.48. The highest BCUT2D eigenvalue weighted by atomic mass is 32.1. The molecule has 1 aliphatic rings. The van der Waals surface area contributed by atoms with Crippen LogP contribution in [0.3, 0.4) is 0 Å². The Morgan fingerprint density at radius 3 is 2.55 bits per heavy atom. The molecule has 0 bridgehead atoms. The lowest BCUT2D eigenvalue weighted by atomic mass is 10.1. The summed E-state index contributed by atoms with van der Waals surface area (Å²) in [6.45, 7) is 0.200. The summed E-state index contributed by atoms with van der Waals surface area (Å²) in [5.41, 5.74) is 2.85. The van der Waals surface area contributed by atoms with Gasteiger partial charge in [-0.25, -0.2) is 4.79 Å². The van der Waals surface area contributed by atoms with Crippen LogP contribution in [0.2, 0.25) is 0 Å². The maximum atomic E-state index is 12.8. The molecular weight excluding hydrogens is 412 g/mol. The minimum absolute atomic E-state index is 0.275. The number of anilines is 1. The van der Waals surface area contributed by atoms with Crippen LogP contribution in [0.1, 0.15) is 20.8 Å². The van der Waals surface area contributed by atoms with Gasteiger partial charge in [-0.3, -0.25) is 9.59 Å². The number of carbonyl (C=O) groups is 3. The Bertz CT molecular complexity index is 1070. The summed E-state index contributed by atoms with van der Waals surface area (Å²) in [5.74, 6) is -1.25. The van der Waals surface area contributed by atoms with Crippen molar-refractivity contribution < 1.29 is 19.1 Å². The van der Waals surface area contributed by atoms with Crippen LogP contribution in [-0.4, -0.2) is 37.0 Å². The van der Waals surface area contributed by atoms with Crippen LogP contribution in [0.4, 0.5) is 5.69 Å². The molecule has 2 aromatic carbocycles. The van der Waals surface area contributed by atoms with Crippen molar-refractivity contribution in [2.24, 2.45) is 0 Å². The Labute approximate surface area is 184 Å². The predicted octanol–water partition coefficient (Wildman–Crippen LogP) is 3.22. The number of ether oxygens (including phenoxy) is 1. The topological polar surface area (TPSA) is 75.7 Å². The molecule has 158 valence electrons. The number of hydrogen-bond donors (Lipinski definition) is 1. The first kappa shape index (κ1) is 20.8. The molecule has 0 saturated heterocycles. The number of benzene rings is 2. The Hall–Kier alpha value is -3.45. The Morgan fingerprint density at radius 1 is 1.00 bits per heavy atom. The number of nitrogens with one attached hydrogen (secondary N) is 1. The number of fused-ring (bicyclic) bond motifs is 1. The number of nitrogens with zero attached hydrogens (tertiary/aromatic N) is 1. The van der Waals surface area contributed by atoms with E-state index in [0.717, 1.165) is 23.2 Å². The van der Waals surface area contributed by atoms with Gasteiger partial charge in [-0.15, -0.1) is 11.3 Å². The number of esters is 1. The predicted molar refractivity (Wildman–Crippen MR) is 119 cm³/mol. The molecule has 2 amide bonds. The molecule has 3 aromatic rings. The maximum absolute atomic E-state index is 12.8. The Balaban J connectivity index is 1.41. The van der Waals surface area contributed by atoms with Crippen molar-refractivity contribution >= 4 is 34.8 Å². The summed E-state index contributed by atoms with van der Waals surface area (Å²) in [6, 6.07) is 19.7. The highest BCUT2D eigenvalue weighted by Crippen LogP contribution is 2.27. The van der Waals surface area contributed by atoms with Crippen LogP contribution in [0.5, 0.6) is 0 Å². The van der Waals surface area contributed by atoms with Crippen molar-refractivity contribution in [1.82, 2.24) is 5.32 Å². The summed E-state index contributed by atoms with van der Waals surface area (Å²) in [6.07, 6.45) is 1.06. The fourth-order valence-electron chi connectivity index (χ4n) is 3.59. The average molecular weight is 435 g/mol. The van der Waals surface area contributed by atoms with Gasteiger partial charge in [-0.2, -0.15) is 0 Å². The van der Waals surface area contributed by atoms with Gasteiger partial charge in [0.1, 0.15) is 6.04 Å². The number of para-hydroxylation sites is 1. The maximum Gasteiger partial charge on any atom is 0.329 e. The Morgan fingerprint density at radius 2 is 1.77 bits per heavy atom. The smallest absolute Gasteiger partial charge is 0.329 e. The van der Waals surface area contributed by atoms with Crippen LogP contribution in [0, 0.1) is 0 Å². The van der Waals surface area contributed by atoms with Crippen LogP contribution in [0.15, 0.2) is 72.1 Å². The zero-order valence-electron chi connectivity index (χ0n) is 16.8. The van der Waals surface area contributed by atoms with Gasteiger partial charge in [-0.05, 0) is 35.1 Å². The zero-order chi connectivity index (χ0) is 21.6. The lowest BCUT2D eigenvalue weighted by Crippen LogP contribution is -2.44. The van der Waals surface area contributed by atoms with E-state index in [0.29, 0.717) is 11.4 Å². The lowest BCUT2D eigenvalue weighted by Gasteiger charge is -2.20. The first-order chi connectivity index (χ1) is 15.1. The first-order valence-electron chi connectivity index (χ1n) is 10.0. The molecule has 0 fully saturated rings. The molecule has 31 heavy (non-hydrogen) atoms. The summed E-state index contributed by atoms with van der Waals surface area (Å²) in [4.78, 5) is 40.1. The Kier molecular flexibility index (Phi) is 6.43. The van der Waals surface area contributed by atoms with E-state index in [4.69, 9.17) is 4.74 Å². The quantitative estimate of drug-likeness (QED) is 0.580.